The van der Waals surface area contributed by atoms with Crippen molar-refractivity contribution in [2.24, 2.45) is 0 Å². The van der Waals surface area contributed by atoms with Gasteiger partial charge in [0.25, 0.3) is 0 Å². The summed E-state index contributed by atoms with van der Waals surface area (Å²) in [5.74, 6) is 0.857. The molecule has 0 aliphatic carbocycles. The van der Waals surface area contributed by atoms with Crippen molar-refractivity contribution in [3.8, 4) is 5.75 Å². The van der Waals surface area contributed by atoms with Crippen LogP contribution in [0.5, 0.6) is 5.75 Å². The van der Waals surface area contributed by atoms with E-state index in [1.165, 1.54) is 0 Å². The first-order valence-electron chi connectivity index (χ1n) is 6.18. The zero-order valence-corrected chi connectivity index (χ0v) is 11.9. The molecule has 0 radical (unpaired) electrons. The molecule has 3 nitrogen and oxygen atoms in total. The van der Waals surface area contributed by atoms with Gasteiger partial charge in [0.15, 0.2) is 0 Å². The molecule has 2 aliphatic heterocycles. The summed E-state index contributed by atoms with van der Waals surface area (Å²) in [6, 6.07) is 18.0. The van der Waals surface area contributed by atoms with E-state index in [1.54, 1.807) is 11.4 Å². The maximum atomic E-state index is 6.28. The second-order valence-corrected chi connectivity index (χ2v) is 10.3. The summed E-state index contributed by atoms with van der Waals surface area (Å²) in [5.41, 5.74) is 0. The van der Waals surface area contributed by atoms with Crippen LogP contribution in [0.25, 0.3) is 0 Å². The topological polar surface area (TPSA) is 27.7 Å². The van der Waals surface area contributed by atoms with Crippen molar-refractivity contribution >= 4 is 23.2 Å². The van der Waals surface area contributed by atoms with E-state index in [4.69, 9.17) is 13.6 Å². The molecule has 2 heterocycles. The third-order valence-electron chi connectivity index (χ3n) is 3.25. The van der Waals surface area contributed by atoms with E-state index in [0.717, 1.165) is 15.9 Å². The van der Waals surface area contributed by atoms with Gasteiger partial charge in [-0.3, -0.25) is 0 Å². The van der Waals surface area contributed by atoms with Crippen LogP contribution in [0, 0.1) is 0 Å². The van der Waals surface area contributed by atoms with Gasteiger partial charge in [0.2, 0.25) is 0 Å². The summed E-state index contributed by atoms with van der Waals surface area (Å²) in [5, 5.41) is 1.01. The Kier molecular flexibility index (Phi) is 2.45. The Labute approximate surface area is 115 Å². The molecule has 0 bridgehead atoms. The van der Waals surface area contributed by atoms with Crippen LogP contribution in [0.4, 0.5) is 0 Å². The molecule has 1 spiro atoms. The number of hydrogen-bond donors (Lipinski definition) is 0. The van der Waals surface area contributed by atoms with Crippen LogP contribution in [0.3, 0.4) is 0 Å². The van der Waals surface area contributed by atoms with Crippen LogP contribution >= 0.6 is 17.9 Å². The summed E-state index contributed by atoms with van der Waals surface area (Å²) >= 11 is 1.61. The molecule has 0 N–H and O–H groups in total. The number of benzene rings is 2. The molecule has 0 saturated carbocycles. The predicted molar refractivity (Wildman–Crippen MR) is 77.8 cm³/mol. The Hall–Kier alpha value is -1.06. The summed E-state index contributed by atoms with van der Waals surface area (Å²) in [6.45, 7) is -2.12. The van der Waals surface area contributed by atoms with E-state index >= 15 is 0 Å². The molecule has 1 saturated heterocycles. The average Bonchev–Trinajstić information content (AvgIpc) is 3.04. The van der Waals surface area contributed by atoms with Crippen molar-refractivity contribution in [3.63, 3.8) is 0 Å². The van der Waals surface area contributed by atoms with Crippen molar-refractivity contribution in [2.45, 2.75) is 4.90 Å². The first kappa shape index (κ1) is 11.7. The number of para-hydroxylation sites is 1. The molecule has 0 unspecified atom stereocenters. The fourth-order valence-electron chi connectivity index (χ4n) is 2.42. The summed E-state index contributed by atoms with van der Waals surface area (Å²) in [7, 11) is 0. The number of hydrogen-bond acceptors (Lipinski definition) is 4. The van der Waals surface area contributed by atoms with Gasteiger partial charge < -0.3 is 0 Å². The van der Waals surface area contributed by atoms with Crippen LogP contribution in [-0.4, -0.2) is 13.2 Å². The van der Waals surface area contributed by atoms with Gasteiger partial charge in [-0.25, -0.2) is 0 Å². The Balaban J connectivity index is 1.91. The molecule has 19 heavy (non-hydrogen) atoms. The molecule has 2 aromatic rings. The third kappa shape index (κ3) is 1.58. The summed E-state index contributed by atoms with van der Waals surface area (Å²) in [6.07, 6.45) is 0. The Morgan fingerprint density at radius 1 is 0.842 bits per heavy atom. The molecular formula is C14H13O3PS. The van der Waals surface area contributed by atoms with E-state index in [1.807, 2.05) is 48.5 Å². The normalized spacial score (nSPS) is 24.3. The first-order valence-corrected chi connectivity index (χ1v) is 9.59. The van der Waals surface area contributed by atoms with Crippen LogP contribution in [0.15, 0.2) is 59.5 Å². The Morgan fingerprint density at radius 3 is 2.26 bits per heavy atom. The molecular weight excluding hydrogens is 279 g/mol. The van der Waals surface area contributed by atoms with E-state index in [2.05, 4.69) is 6.07 Å². The average molecular weight is 292 g/mol. The van der Waals surface area contributed by atoms with Gasteiger partial charge in [0.1, 0.15) is 0 Å². The van der Waals surface area contributed by atoms with Gasteiger partial charge in [-0.15, -0.1) is 0 Å². The maximum absolute atomic E-state index is 6.28. The van der Waals surface area contributed by atoms with E-state index in [0.29, 0.717) is 13.2 Å². The van der Waals surface area contributed by atoms with Crippen LogP contribution < -0.4 is 9.83 Å². The van der Waals surface area contributed by atoms with Crippen molar-refractivity contribution in [3.05, 3.63) is 54.6 Å². The molecule has 0 amide bonds. The predicted octanol–water partition coefficient (Wildman–Crippen LogP) is 3.76. The second kappa shape index (κ2) is 3.97. The second-order valence-electron chi connectivity index (χ2n) is 4.44. The fraction of sp³-hybridized carbons (Fsp3) is 0.143. The molecule has 2 aromatic carbocycles. The zero-order valence-electron chi connectivity index (χ0n) is 10.2. The Morgan fingerprint density at radius 2 is 1.53 bits per heavy atom. The number of rotatable bonds is 1. The number of fused-ring (bicyclic) bond motifs is 1. The van der Waals surface area contributed by atoms with Gasteiger partial charge in [0.05, 0.1) is 0 Å². The molecule has 2 aliphatic rings. The molecule has 0 aromatic heterocycles. The van der Waals surface area contributed by atoms with Crippen molar-refractivity contribution in [1.29, 1.82) is 0 Å². The van der Waals surface area contributed by atoms with Crippen molar-refractivity contribution in [1.82, 2.24) is 0 Å². The quantitative estimate of drug-likeness (QED) is 0.748. The monoisotopic (exact) mass is 292 g/mol. The van der Waals surface area contributed by atoms with Crippen LogP contribution in [0.2, 0.25) is 0 Å². The minimum atomic E-state index is -3.27. The van der Waals surface area contributed by atoms with E-state index < -0.39 is 6.49 Å². The Bertz CT molecular complexity index is 597. The van der Waals surface area contributed by atoms with E-state index in [9.17, 15) is 0 Å². The standard InChI is InChI=1S/C14H13O3PS/c1-2-6-12(7-3-1)18(15-10-11-16-18)17-13-8-4-5-9-14(13)19-18/h1-9H,10-11H2. The molecule has 4 rings (SSSR count). The van der Waals surface area contributed by atoms with Crippen LogP contribution in [0.1, 0.15) is 0 Å². The fourth-order valence-corrected chi connectivity index (χ4v) is 9.19. The zero-order chi connectivity index (χ0) is 12.8. The van der Waals surface area contributed by atoms with Gasteiger partial charge >= 0.3 is 115 Å². The van der Waals surface area contributed by atoms with Crippen molar-refractivity contribution in [2.75, 3.05) is 13.2 Å². The van der Waals surface area contributed by atoms with Gasteiger partial charge in [-0.05, 0) is 0 Å². The molecule has 1 fully saturated rings. The minimum absolute atomic E-state index is 0.577. The van der Waals surface area contributed by atoms with Crippen molar-refractivity contribution < 1.29 is 13.6 Å². The SMILES string of the molecule is c1ccc(P23(OCCO2)Oc2ccccc2S3)cc1. The van der Waals surface area contributed by atoms with Gasteiger partial charge in [-0.2, -0.15) is 0 Å². The first-order chi connectivity index (χ1) is 9.31. The third-order valence-corrected chi connectivity index (χ3v) is 10.0. The summed E-state index contributed by atoms with van der Waals surface area (Å²) in [4.78, 5) is 1.09. The van der Waals surface area contributed by atoms with Gasteiger partial charge in [0, 0.05) is 0 Å². The van der Waals surface area contributed by atoms with Gasteiger partial charge in [-0.1, -0.05) is 0 Å². The van der Waals surface area contributed by atoms with E-state index in [-0.39, 0.29) is 0 Å². The van der Waals surface area contributed by atoms with Crippen LogP contribution in [-0.2, 0) is 9.05 Å². The molecule has 0 atom stereocenters. The molecule has 5 heteroatoms. The molecule has 98 valence electrons. The summed E-state index contributed by atoms with van der Waals surface area (Å²) < 4.78 is 18.5.